The molecule has 2 atom stereocenters. The van der Waals surface area contributed by atoms with Crippen LogP contribution >= 0.6 is 11.8 Å². The Bertz CT molecular complexity index is 938. The van der Waals surface area contributed by atoms with Crippen molar-refractivity contribution in [1.29, 1.82) is 0 Å². The molecule has 4 rings (SSSR count). The van der Waals surface area contributed by atoms with Gasteiger partial charge < -0.3 is 15.4 Å². The van der Waals surface area contributed by atoms with Crippen molar-refractivity contribution < 1.29 is 9.53 Å². The molecular weight excluding hydrogens is 396 g/mol. The number of nitrogens with one attached hydrogen (secondary N) is 2. The van der Waals surface area contributed by atoms with Crippen LogP contribution in [0.15, 0.2) is 73.1 Å². The van der Waals surface area contributed by atoms with Crippen LogP contribution in [0.5, 0.6) is 11.5 Å². The molecule has 2 aromatic carbocycles. The normalized spacial score (nSPS) is 19.0. The maximum absolute atomic E-state index is 12.8. The van der Waals surface area contributed by atoms with Crippen molar-refractivity contribution in [3.63, 3.8) is 0 Å². The fraction of sp³-hybridized carbons (Fsp3) is 0.261. The zero-order valence-electron chi connectivity index (χ0n) is 16.5. The van der Waals surface area contributed by atoms with Gasteiger partial charge >= 0.3 is 0 Å². The zero-order valence-corrected chi connectivity index (χ0v) is 17.3. The van der Waals surface area contributed by atoms with E-state index in [1.54, 1.807) is 30.2 Å². The molecular formula is C23H24N4O2S. The molecule has 0 aliphatic carbocycles. The van der Waals surface area contributed by atoms with Crippen molar-refractivity contribution in [3.8, 4) is 11.5 Å². The summed E-state index contributed by atoms with van der Waals surface area (Å²) in [6.45, 7) is 1.29. The van der Waals surface area contributed by atoms with Gasteiger partial charge in [-0.05, 0) is 48.1 Å². The van der Waals surface area contributed by atoms with Crippen molar-refractivity contribution in [2.45, 2.75) is 24.3 Å². The molecule has 0 saturated carbocycles. The molecule has 1 aromatic heterocycles. The fourth-order valence-corrected chi connectivity index (χ4v) is 4.49. The Balaban J connectivity index is 1.31. The van der Waals surface area contributed by atoms with E-state index in [2.05, 4.69) is 20.6 Å². The number of para-hydroxylation sites is 1. The van der Waals surface area contributed by atoms with Gasteiger partial charge in [0, 0.05) is 25.0 Å². The Morgan fingerprint density at radius 2 is 1.73 bits per heavy atom. The van der Waals surface area contributed by atoms with Gasteiger partial charge in [-0.15, -0.1) is 11.8 Å². The van der Waals surface area contributed by atoms with E-state index in [0.717, 1.165) is 35.1 Å². The first-order valence-electron chi connectivity index (χ1n) is 9.99. The highest BCUT2D eigenvalue weighted by Crippen LogP contribution is 2.33. The maximum atomic E-state index is 12.8. The topological polar surface area (TPSA) is 76.1 Å². The van der Waals surface area contributed by atoms with Gasteiger partial charge in [0.2, 0.25) is 5.91 Å². The van der Waals surface area contributed by atoms with Crippen molar-refractivity contribution >= 4 is 17.7 Å². The van der Waals surface area contributed by atoms with Crippen LogP contribution < -0.4 is 15.4 Å². The number of hydrogen-bond donors (Lipinski definition) is 2. The van der Waals surface area contributed by atoms with Crippen LogP contribution in [0.3, 0.4) is 0 Å². The molecule has 0 unspecified atom stereocenters. The van der Waals surface area contributed by atoms with Gasteiger partial charge in [-0.2, -0.15) is 0 Å². The summed E-state index contributed by atoms with van der Waals surface area (Å²) >= 11 is 1.68. The van der Waals surface area contributed by atoms with E-state index in [1.807, 2.05) is 54.6 Å². The average molecular weight is 421 g/mol. The smallest absolute Gasteiger partial charge is 0.237 e. The zero-order chi connectivity index (χ0) is 20.6. The largest absolute Gasteiger partial charge is 0.457 e. The highest BCUT2D eigenvalue weighted by atomic mass is 32.2. The molecule has 1 fully saturated rings. The average Bonchev–Trinajstić information content (AvgIpc) is 2.97. The minimum Gasteiger partial charge on any atom is -0.457 e. The molecule has 154 valence electrons. The van der Waals surface area contributed by atoms with Crippen LogP contribution in [0, 0.1) is 0 Å². The van der Waals surface area contributed by atoms with Crippen LogP contribution in [0.4, 0.5) is 0 Å². The molecule has 1 aliphatic heterocycles. The number of nitrogens with zero attached hydrogens (tertiary/aromatic N) is 2. The van der Waals surface area contributed by atoms with Gasteiger partial charge in [-0.3, -0.25) is 4.79 Å². The van der Waals surface area contributed by atoms with E-state index in [-0.39, 0.29) is 17.2 Å². The minimum atomic E-state index is -0.210. The van der Waals surface area contributed by atoms with Crippen molar-refractivity contribution in [2.75, 3.05) is 12.3 Å². The summed E-state index contributed by atoms with van der Waals surface area (Å²) in [4.78, 5) is 21.2. The van der Waals surface area contributed by atoms with Gasteiger partial charge in [0.1, 0.15) is 22.6 Å². The SMILES string of the molecule is O=C1N[C@H](CNCc2ncccn2)CCS[C@@H]1c1ccc(Oc2ccccc2)cc1. The second-order valence-corrected chi connectivity index (χ2v) is 8.24. The number of benzene rings is 2. The van der Waals surface area contributed by atoms with Crippen LogP contribution in [-0.4, -0.2) is 34.2 Å². The van der Waals surface area contributed by atoms with Gasteiger partial charge in [-0.1, -0.05) is 30.3 Å². The van der Waals surface area contributed by atoms with Crippen LogP contribution in [0.2, 0.25) is 0 Å². The lowest BCUT2D eigenvalue weighted by molar-refractivity contribution is -0.121. The third-order valence-corrected chi connectivity index (χ3v) is 6.08. The summed E-state index contributed by atoms with van der Waals surface area (Å²) in [5, 5.41) is 6.30. The minimum absolute atomic E-state index is 0.0528. The summed E-state index contributed by atoms with van der Waals surface area (Å²) in [6, 6.07) is 19.3. The summed E-state index contributed by atoms with van der Waals surface area (Å²) < 4.78 is 5.84. The first-order valence-corrected chi connectivity index (χ1v) is 11.0. The Kier molecular flexibility index (Phi) is 6.95. The van der Waals surface area contributed by atoms with Gasteiger partial charge in [0.25, 0.3) is 0 Å². The van der Waals surface area contributed by atoms with E-state index >= 15 is 0 Å². The van der Waals surface area contributed by atoms with Crippen LogP contribution in [-0.2, 0) is 11.3 Å². The second kappa shape index (κ2) is 10.2. The van der Waals surface area contributed by atoms with Gasteiger partial charge in [0.15, 0.2) is 0 Å². The highest BCUT2D eigenvalue weighted by Gasteiger charge is 2.27. The van der Waals surface area contributed by atoms with Crippen molar-refractivity contribution in [2.24, 2.45) is 0 Å². The first kappa shape index (κ1) is 20.4. The Hall–Kier alpha value is -2.90. The number of aromatic nitrogens is 2. The molecule has 1 saturated heterocycles. The summed E-state index contributed by atoms with van der Waals surface area (Å²) in [5.74, 6) is 3.27. The lowest BCUT2D eigenvalue weighted by Gasteiger charge is -2.18. The number of hydrogen-bond acceptors (Lipinski definition) is 6. The lowest BCUT2D eigenvalue weighted by atomic mass is 10.1. The van der Waals surface area contributed by atoms with Crippen LogP contribution in [0.25, 0.3) is 0 Å². The monoisotopic (exact) mass is 420 g/mol. The molecule has 2 heterocycles. The molecule has 1 aliphatic rings. The lowest BCUT2D eigenvalue weighted by Crippen LogP contribution is -2.42. The molecule has 7 heteroatoms. The van der Waals surface area contributed by atoms with E-state index in [4.69, 9.17) is 4.74 Å². The van der Waals surface area contributed by atoms with Crippen molar-refractivity contribution in [1.82, 2.24) is 20.6 Å². The van der Waals surface area contributed by atoms with E-state index in [0.29, 0.717) is 13.1 Å². The molecule has 0 spiro atoms. The molecule has 6 nitrogen and oxygen atoms in total. The highest BCUT2D eigenvalue weighted by molar-refractivity contribution is 8.00. The summed E-state index contributed by atoms with van der Waals surface area (Å²) in [6.07, 6.45) is 4.38. The van der Waals surface area contributed by atoms with E-state index < -0.39 is 0 Å². The Morgan fingerprint density at radius 3 is 2.50 bits per heavy atom. The number of thioether (sulfide) groups is 1. The third kappa shape index (κ3) is 5.58. The predicted octanol–water partition coefficient (Wildman–Crippen LogP) is 3.72. The molecule has 3 aromatic rings. The molecule has 1 amide bonds. The molecule has 30 heavy (non-hydrogen) atoms. The molecule has 0 radical (unpaired) electrons. The molecule has 2 N–H and O–H groups in total. The van der Waals surface area contributed by atoms with Gasteiger partial charge in [0.05, 0.1) is 6.54 Å². The quantitative estimate of drug-likeness (QED) is 0.607. The van der Waals surface area contributed by atoms with Crippen LogP contribution in [0.1, 0.15) is 23.1 Å². The first-order chi connectivity index (χ1) is 14.8. The number of amides is 1. The second-order valence-electron chi connectivity index (χ2n) is 7.03. The number of carbonyl (C=O) groups excluding carboxylic acids is 1. The van der Waals surface area contributed by atoms with Crippen molar-refractivity contribution in [3.05, 3.63) is 84.4 Å². The Labute approximate surface area is 180 Å². The van der Waals surface area contributed by atoms with E-state index in [9.17, 15) is 4.79 Å². The number of ether oxygens (including phenoxy) is 1. The predicted molar refractivity (Wildman–Crippen MR) is 118 cm³/mol. The fourth-order valence-electron chi connectivity index (χ4n) is 3.27. The van der Waals surface area contributed by atoms with E-state index in [1.165, 1.54) is 0 Å². The number of carbonyl (C=O) groups is 1. The standard InChI is InChI=1S/C23H24N4O2S/c28-23-22(17-7-9-20(10-8-17)29-19-5-2-1-3-6-19)30-14-11-18(27-23)15-24-16-21-25-12-4-13-26-21/h1-10,12-13,18,22,24H,11,14-16H2,(H,27,28)/t18-,22+/m0/s1. The molecule has 0 bridgehead atoms. The van der Waals surface area contributed by atoms with Gasteiger partial charge in [-0.25, -0.2) is 9.97 Å². The summed E-state index contributed by atoms with van der Waals surface area (Å²) in [5.41, 5.74) is 0.990. The Morgan fingerprint density at radius 1 is 1.00 bits per heavy atom. The maximum Gasteiger partial charge on any atom is 0.237 e. The summed E-state index contributed by atoms with van der Waals surface area (Å²) in [7, 11) is 0. The third-order valence-electron chi connectivity index (χ3n) is 4.79. The number of rotatable bonds is 7.